The molecule has 3 rings (SSSR count). The Labute approximate surface area is 195 Å². The third-order valence-corrected chi connectivity index (χ3v) is 6.20. The lowest BCUT2D eigenvalue weighted by Crippen LogP contribution is -2.44. The van der Waals surface area contributed by atoms with E-state index in [1.54, 1.807) is 11.8 Å². The average Bonchev–Trinajstić information content (AvgIpc) is 2.79. The number of carbonyl (C=O) groups excluding carboxylic acids is 3. The predicted molar refractivity (Wildman–Crippen MR) is 126 cm³/mol. The zero-order valence-electron chi connectivity index (χ0n) is 19.3. The smallest absolute Gasteiger partial charge is 0.312 e. The second-order valence-electron chi connectivity index (χ2n) is 8.71. The van der Waals surface area contributed by atoms with Crippen LogP contribution in [0.2, 0.25) is 0 Å². The first kappa shape index (κ1) is 24.3. The topological polar surface area (TPSA) is 102 Å². The van der Waals surface area contributed by atoms with E-state index in [1.165, 1.54) is 5.56 Å². The van der Waals surface area contributed by atoms with Crippen molar-refractivity contribution in [2.75, 3.05) is 13.1 Å². The van der Waals surface area contributed by atoms with Crippen LogP contribution in [0.1, 0.15) is 48.9 Å². The van der Waals surface area contributed by atoms with Crippen molar-refractivity contribution < 1.29 is 19.1 Å². The fourth-order valence-electron chi connectivity index (χ4n) is 4.41. The number of nitrogens with zero attached hydrogens (tertiary/aromatic N) is 1. The fraction of sp³-hybridized carbons (Fsp3) is 0.423. The summed E-state index contributed by atoms with van der Waals surface area (Å²) in [6, 6.07) is 16.5. The van der Waals surface area contributed by atoms with Gasteiger partial charge in [0, 0.05) is 13.1 Å². The van der Waals surface area contributed by atoms with Gasteiger partial charge >= 0.3 is 12.0 Å². The second kappa shape index (κ2) is 11.5. The van der Waals surface area contributed by atoms with Gasteiger partial charge in [-0.05, 0) is 55.7 Å². The molecule has 7 nitrogen and oxygen atoms in total. The van der Waals surface area contributed by atoms with E-state index in [0.29, 0.717) is 19.0 Å². The number of amides is 3. The lowest BCUT2D eigenvalue weighted by Gasteiger charge is -2.33. The van der Waals surface area contributed by atoms with Crippen molar-refractivity contribution in [1.82, 2.24) is 10.2 Å². The van der Waals surface area contributed by atoms with Gasteiger partial charge in [-0.2, -0.15) is 0 Å². The number of ether oxygens (including phenoxy) is 1. The number of carbonyl (C=O) groups is 3. The summed E-state index contributed by atoms with van der Waals surface area (Å²) in [6.07, 6.45) is 1.89. The highest BCUT2D eigenvalue weighted by atomic mass is 16.5. The molecule has 1 aliphatic heterocycles. The number of nitrogens with one attached hydrogen (secondary N) is 1. The van der Waals surface area contributed by atoms with Gasteiger partial charge in [0.2, 0.25) is 0 Å². The molecule has 7 heteroatoms. The molecule has 2 aromatic carbocycles. The number of piperidine rings is 1. The molecule has 0 aromatic heterocycles. The zero-order valence-corrected chi connectivity index (χ0v) is 19.3. The largest absolute Gasteiger partial charge is 0.452 e. The highest BCUT2D eigenvalue weighted by molar-refractivity contribution is 5.84. The molecule has 2 atom stereocenters. The predicted octanol–water partition coefficient (Wildman–Crippen LogP) is 3.51. The number of benzene rings is 2. The summed E-state index contributed by atoms with van der Waals surface area (Å²) in [5.41, 5.74) is 8.32. The number of hydrogen-bond donors (Lipinski definition) is 2. The first-order chi connectivity index (χ1) is 15.8. The number of esters is 1. The Morgan fingerprint density at radius 1 is 1.06 bits per heavy atom. The third-order valence-electron chi connectivity index (χ3n) is 6.20. The molecule has 2 unspecified atom stereocenters. The van der Waals surface area contributed by atoms with Gasteiger partial charge in [-0.3, -0.25) is 9.59 Å². The van der Waals surface area contributed by atoms with Gasteiger partial charge in [-0.1, -0.05) is 54.6 Å². The monoisotopic (exact) mass is 451 g/mol. The molecule has 0 spiro atoms. The Morgan fingerprint density at radius 3 is 2.33 bits per heavy atom. The van der Waals surface area contributed by atoms with Crippen LogP contribution in [0, 0.1) is 12.8 Å². The molecule has 1 fully saturated rings. The van der Waals surface area contributed by atoms with E-state index in [-0.39, 0.29) is 12.3 Å². The Morgan fingerprint density at radius 2 is 1.70 bits per heavy atom. The van der Waals surface area contributed by atoms with E-state index in [4.69, 9.17) is 10.5 Å². The van der Waals surface area contributed by atoms with Crippen LogP contribution in [0.25, 0.3) is 0 Å². The van der Waals surface area contributed by atoms with Crippen molar-refractivity contribution in [2.24, 2.45) is 11.7 Å². The van der Waals surface area contributed by atoms with Crippen molar-refractivity contribution in [2.45, 2.75) is 51.7 Å². The minimum absolute atomic E-state index is 0.107. The zero-order chi connectivity index (χ0) is 23.8. The van der Waals surface area contributed by atoms with Crippen LogP contribution >= 0.6 is 0 Å². The number of primary amides is 1. The molecule has 176 valence electrons. The normalized spacial score (nSPS) is 16.0. The second-order valence-corrected chi connectivity index (χ2v) is 8.71. The lowest BCUT2D eigenvalue weighted by atomic mass is 9.90. The molecule has 33 heavy (non-hydrogen) atoms. The molecular formula is C26H33N3O4. The molecule has 1 heterocycles. The number of hydrogen-bond acceptors (Lipinski definition) is 4. The van der Waals surface area contributed by atoms with Gasteiger partial charge in [-0.25, -0.2) is 4.79 Å². The number of urea groups is 1. The van der Waals surface area contributed by atoms with Crippen LogP contribution in [0.5, 0.6) is 0 Å². The first-order valence-electron chi connectivity index (χ1n) is 11.5. The molecule has 3 amide bonds. The van der Waals surface area contributed by atoms with E-state index < -0.39 is 24.1 Å². The van der Waals surface area contributed by atoms with Crippen molar-refractivity contribution in [3.05, 3.63) is 71.3 Å². The maximum absolute atomic E-state index is 12.8. The van der Waals surface area contributed by atoms with Crippen LogP contribution in [-0.2, 0) is 20.7 Å². The van der Waals surface area contributed by atoms with Crippen LogP contribution in [0.15, 0.2) is 54.6 Å². The average molecular weight is 452 g/mol. The maximum atomic E-state index is 12.8. The van der Waals surface area contributed by atoms with Crippen molar-refractivity contribution in [3.63, 3.8) is 0 Å². The van der Waals surface area contributed by atoms with Crippen molar-refractivity contribution in [1.29, 1.82) is 0 Å². The van der Waals surface area contributed by atoms with E-state index in [1.807, 2.05) is 49.4 Å². The van der Waals surface area contributed by atoms with Crippen molar-refractivity contribution >= 4 is 17.9 Å². The summed E-state index contributed by atoms with van der Waals surface area (Å²) in [6.45, 7) is 4.81. The van der Waals surface area contributed by atoms with Crippen LogP contribution in [0.3, 0.4) is 0 Å². The summed E-state index contributed by atoms with van der Waals surface area (Å²) in [4.78, 5) is 38.7. The van der Waals surface area contributed by atoms with Gasteiger partial charge in [-0.15, -0.1) is 0 Å². The Kier molecular flexibility index (Phi) is 8.46. The first-order valence-corrected chi connectivity index (χ1v) is 11.5. The van der Waals surface area contributed by atoms with E-state index in [2.05, 4.69) is 17.4 Å². The molecule has 3 N–H and O–H groups in total. The SMILES string of the molecule is Cc1ccccc1C(CC(=O)OC(C)C(=O)N1CCC(Cc2ccccc2)CC1)NC(N)=O. The van der Waals surface area contributed by atoms with Gasteiger partial charge < -0.3 is 20.7 Å². The summed E-state index contributed by atoms with van der Waals surface area (Å²) in [5.74, 6) is -0.197. The van der Waals surface area contributed by atoms with Crippen LogP contribution < -0.4 is 11.1 Å². The lowest BCUT2D eigenvalue weighted by molar-refractivity contribution is -0.160. The molecule has 0 bridgehead atoms. The summed E-state index contributed by atoms with van der Waals surface area (Å²) in [7, 11) is 0. The number of nitrogens with two attached hydrogens (primary N) is 1. The molecule has 1 aliphatic rings. The molecule has 0 radical (unpaired) electrons. The van der Waals surface area contributed by atoms with Gasteiger partial charge in [0.15, 0.2) is 6.10 Å². The maximum Gasteiger partial charge on any atom is 0.312 e. The Balaban J connectivity index is 1.51. The number of rotatable bonds is 8. The number of likely N-dealkylation sites (tertiary alicyclic amines) is 1. The van der Waals surface area contributed by atoms with E-state index in [0.717, 1.165) is 30.4 Å². The summed E-state index contributed by atoms with van der Waals surface area (Å²) < 4.78 is 5.44. The van der Waals surface area contributed by atoms with Gasteiger partial charge in [0.05, 0.1) is 12.5 Å². The Hall–Kier alpha value is -3.35. The minimum atomic E-state index is -0.880. The quantitative estimate of drug-likeness (QED) is 0.600. The molecule has 0 saturated carbocycles. The van der Waals surface area contributed by atoms with E-state index in [9.17, 15) is 14.4 Å². The molecule has 0 aliphatic carbocycles. The highest BCUT2D eigenvalue weighted by Crippen LogP contribution is 2.24. The van der Waals surface area contributed by atoms with Gasteiger partial charge in [0.1, 0.15) is 0 Å². The standard InChI is InChI=1S/C26H33N3O4/c1-18-8-6-7-11-22(18)23(28-26(27)32)17-24(30)33-19(2)25(31)29-14-12-21(13-15-29)16-20-9-4-3-5-10-20/h3-11,19,21,23H,12-17H2,1-2H3,(H3,27,28,32). The molecule has 2 aromatic rings. The summed E-state index contributed by atoms with van der Waals surface area (Å²) in [5, 5.41) is 2.60. The van der Waals surface area contributed by atoms with Crippen LogP contribution in [-0.4, -0.2) is 42.0 Å². The molecule has 1 saturated heterocycles. The van der Waals surface area contributed by atoms with Crippen molar-refractivity contribution in [3.8, 4) is 0 Å². The van der Waals surface area contributed by atoms with Crippen LogP contribution in [0.4, 0.5) is 4.79 Å². The van der Waals surface area contributed by atoms with E-state index >= 15 is 0 Å². The fourth-order valence-corrected chi connectivity index (χ4v) is 4.41. The summed E-state index contributed by atoms with van der Waals surface area (Å²) >= 11 is 0. The minimum Gasteiger partial charge on any atom is -0.452 e. The highest BCUT2D eigenvalue weighted by Gasteiger charge is 2.29. The third kappa shape index (κ3) is 7.07. The number of aryl methyl sites for hydroxylation is 1. The van der Waals surface area contributed by atoms with Gasteiger partial charge in [0.25, 0.3) is 5.91 Å². The Bertz CT molecular complexity index is 955. The molecular weight excluding hydrogens is 418 g/mol.